The van der Waals surface area contributed by atoms with Crippen molar-refractivity contribution in [2.75, 3.05) is 51.5 Å². The minimum Gasteiger partial charge on any atom is -0.381 e. The minimum atomic E-state index is -0.267. The first kappa shape index (κ1) is 36.3. The largest absolute Gasteiger partial charge is 0.381 e. The fourth-order valence-corrected chi connectivity index (χ4v) is 5.43. The molecule has 45 heavy (non-hydrogen) atoms. The van der Waals surface area contributed by atoms with Gasteiger partial charge in [0.2, 0.25) is 17.8 Å². The number of imidazole rings is 1. The third-order valence-corrected chi connectivity index (χ3v) is 8.79. The van der Waals surface area contributed by atoms with Gasteiger partial charge in [0.15, 0.2) is 0 Å². The highest BCUT2D eigenvalue weighted by Crippen LogP contribution is 2.23. The third kappa shape index (κ3) is 10.4. The summed E-state index contributed by atoms with van der Waals surface area (Å²) in [5.41, 5.74) is 1.60. The molecule has 0 fully saturated rings. The predicted molar refractivity (Wildman–Crippen MR) is 186 cm³/mol. The molecule has 4 atom stereocenters. The van der Waals surface area contributed by atoms with E-state index in [1.54, 1.807) is 7.11 Å². The van der Waals surface area contributed by atoms with Crippen molar-refractivity contribution in [1.82, 2.24) is 19.4 Å². The number of anilines is 3. The lowest BCUT2D eigenvalue weighted by molar-refractivity contribution is -0.134. The first-order valence-electron chi connectivity index (χ1n) is 16.7. The second kappa shape index (κ2) is 16.9. The van der Waals surface area contributed by atoms with Gasteiger partial charge in [-0.05, 0) is 94.9 Å². The lowest BCUT2D eigenvalue weighted by Gasteiger charge is -2.30. The van der Waals surface area contributed by atoms with Crippen molar-refractivity contribution < 1.29 is 14.3 Å². The maximum absolute atomic E-state index is 14.0. The fraction of sp³-hybridized carbons (Fsp3) is 0.639. The molecule has 9 nitrogen and oxygen atoms in total. The van der Waals surface area contributed by atoms with E-state index in [2.05, 4.69) is 85.9 Å². The Labute approximate surface area is 271 Å². The van der Waals surface area contributed by atoms with Crippen molar-refractivity contribution in [3.05, 3.63) is 35.0 Å². The summed E-state index contributed by atoms with van der Waals surface area (Å²) in [6, 6.07) is 7.67. The minimum absolute atomic E-state index is 0.0506. The molecule has 2 N–H and O–H groups in total. The molecule has 0 bridgehead atoms. The average molecular weight is 623 g/mol. The Balaban J connectivity index is 1.90. The van der Waals surface area contributed by atoms with Crippen LogP contribution in [-0.4, -0.2) is 78.1 Å². The maximum atomic E-state index is 14.0. The second-order valence-corrected chi connectivity index (χ2v) is 13.8. The number of nitrogens with zero attached hydrogens (tertiary/aromatic N) is 4. The first-order chi connectivity index (χ1) is 21.3. The van der Waals surface area contributed by atoms with Gasteiger partial charge in [0.25, 0.3) is 0 Å². The van der Waals surface area contributed by atoms with Gasteiger partial charge in [-0.25, -0.2) is 4.98 Å². The zero-order chi connectivity index (χ0) is 33.3. The summed E-state index contributed by atoms with van der Waals surface area (Å²) in [6.45, 7) is 18.1. The standard InChI is InChI=1S/C36H58N6O3/c1-24(2)16-20-41(21-17-25(3)4)35(44)31-23-33-32(22-26(31)5)39-36(42(33)19-11-18-40(8)9)38-30-14-12-29(13-15-30)37-34(43)27(6)28(7)45-10/h12-15,22-28,31H,11,16-21H2,1-10H3,(H,37,43)(H,38,39). The molecule has 2 amide bonds. The number of carbonyl (C=O) groups excluding carboxylic acids is 2. The SMILES string of the molecule is COC(C)C(C)C(=O)Nc1ccc(Nc2nc3c(n2CCCN(C)C)=CC(C(=O)N(CCC(C)C)CCC(C)C)C(C)C=3)cc1. The summed E-state index contributed by atoms with van der Waals surface area (Å²) in [5, 5.41) is 8.42. The van der Waals surface area contributed by atoms with Crippen LogP contribution in [-0.2, 0) is 20.9 Å². The summed E-state index contributed by atoms with van der Waals surface area (Å²) in [4.78, 5) is 36.0. The van der Waals surface area contributed by atoms with E-state index in [0.717, 1.165) is 73.5 Å². The van der Waals surface area contributed by atoms with Crippen LogP contribution in [0.3, 0.4) is 0 Å². The third-order valence-electron chi connectivity index (χ3n) is 8.79. The number of hydrogen-bond acceptors (Lipinski definition) is 6. The number of hydrogen-bond donors (Lipinski definition) is 2. The number of benzene rings is 1. The molecule has 1 heterocycles. The summed E-state index contributed by atoms with van der Waals surface area (Å²) in [5.74, 6) is 1.54. The monoisotopic (exact) mass is 622 g/mol. The number of carbonyl (C=O) groups is 2. The lowest BCUT2D eigenvalue weighted by atomic mass is 9.88. The maximum Gasteiger partial charge on any atom is 0.230 e. The zero-order valence-corrected chi connectivity index (χ0v) is 29.4. The Morgan fingerprint density at radius 3 is 2.09 bits per heavy atom. The van der Waals surface area contributed by atoms with E-state index in [0.29, 0.717) is 11.8 Å². The number of rotatable bonds is 17. The molecule has 0 saturated heterocycles. The van der Waals surface area contributed by atoms with Gasteiger partial charge >= 0.3 is 0 Å². The van der Waals surface area contributed by atoms with Gasteiger partial charge in [-0.1, -0.05) is 47.6 Å². The fourth-order valence-electron chi connectivity index (χ4n) is 5.43. The summed E-state index contributed by atoms with van der Waals surface area (Å²) < 4.78 is 7.53. The molecular formula is C36H58N6O3. The molecule has 0 radical (unpaired) electrons. The molecule has 1 aliphatic rings. The number of amides is 2. The highest BCUT2D eigenvalue weighted by atomic mass is 16.5. The van der Waals surface area contributed by atoms with Crippen LogP contribution in [0.1, 0.15) is 67.7 Å². The molecular weight excluding hydrogens is 564 g/mol. The Hall–Kier alpha value is -3.17. The zero-order valence-electron chi connectivity index (χ0n) is 29.4. The van der Waals surface area contributed by atoms with E-state index < -0.39 is 0 Å². The van der Waals surface area contributed by atoms with Gasteiger partial charge in [-0.3, -0.25) is 9.59 Å². The van der Waals surface area contributed by atoms with E-state index in [-0.39, 0.29) is 35.7 Å². The van der Waals surface area contributed by atoms with Crippen LogP contribution in [0.4, 0.5) is 17.3 Å². The molecule has 1 aliphatic carbocycles. The Morgan fingerprint density at radius 1 is 0.933 bits per heavy atom. The van der Waals surface area contributed by atoms with Gasteiger partial charge in [0.1, 0.15) is 0 Å². The Kier molecular flexibility index (Phi) is 13.7. The van der Waals surface area contributed by atoms with Gasteiger partial charge < -0.3 is 29.7 Å². The number of ether oxygens (including phenoxy) is 1. The highest BCUT2D eigenvalue weighted by molar-refractivity contribution is 5.92. The van der Waals surface area contributed by atoms with E-state index in [1.807, 2.05) is 38.1 Å². The smallest absolute Gasteiger partial charge is 0.230 e. The number of aromatic nitrogens is 2. The van der Waals surface area contributed by atoms with Crippen molar-refractivity contribution in [2.45, 2.75) is 80.4 Å². The van der Waals surface area contributed by atoms with Gasteiger partial charge in [-0.2, -0.15) is 0 Å². The van der Waals surface area contributed by atoms with Crippen LogP contribution < -0.4 is 21.3 Å². The van der Waals surface area contributed by atoms with Crippen LogP contribution in [0.2, 0.25) is 0 Å². The molecule has 250 valence electrons. The molecule has 3 rings (SSSR count). The molecule has 4 unspecified atom stereocenters. The van der Waals surface area contributed by atoms with Gasteiger partial charge in [0, 0.05) is 38.1 Å². The lowest BCUT2D eigenvalue weighted by Crippen LogP contribution is -2.44. The van der Waals surface area contributed by atoms with Crippen LogP contribution >= 0.6 is 0 Å². The summed E-state index contributed by atoms with van der Waals surface area (Å²) in [6.07, 6.45) is 7.11. The van der Waals surface area contributed by atoms with Gasteiger partial charge in [0.05, 0.1) is 28.6 Å². The van der Waals surface area contributed by atoms with Crippen molar-refractivity contribution in [2.24, 2.45) is 29.6 Å². The topological polar surface area (TPSA) is 91.7 Å². The van der Waals surface area contributed by atoms with Crippen molar-refractivity contribution in [3.63, 3.8) is 0 Å². The van der Waals surface area contributed by atoms with Crippen molar-refractivity contribution in [1.29, 1.82) is 0 Å². The van der Waals surface area contributed by atoms with E-state index in [9.17, 15) is 9.59 Å². The predicted octanol–water partition coefficient (Wildman–Crippen LogP) is 4.94. The molecule has 0 aliphatic heterocycles. The number of nitrogens with one attached hydrogen (secondary N) is 2. The second-order valence-electron chi connectivity index (χ2n) is 13.8. The number of fused-ring (bicyclic) bond motifs is 1. The molecule has 0 spiro atoms. The number of methoxy groups -OCH3 is 1. The Morgan fingerprint density at radius 2 is 1.53 bits per heavy atom. The molecule has 1 aromatic heterocycles. The van der Waals surface area contributed by atoms with Crippen LogP contribution in [0.25, 0.3) is 12.2 Å². The normalized spacial score (nSPS) is 17.4. The Bertz CT molecular complexity index is 1350. The van der Waals surface area contributed by atoms with E-state index >= 15 is 0 Å². The average Bonchev–Trinajstić information content (AvgIpc) is 3.31. The van der Waals surface area contributed by atoms with E-state index in [4.69, 9.17) is 9.72 Å². The van der Waals surface area contributed by atoms with Crippen LogP contribution in [0.5, 0.6) is 0 Å². The summed E-state index contributed by atoms with van der Waals surface area (Å²) in [7, 11) is 5.78. The van der Waals surface area contributed by atoms with Crippen molar-refractivity contribution in [3.8, 4) is 0 Å². The van der Waals surface area contributed by atoms with E-state index in [1.165, 1.54) is 0 Å². The molecule has 9 heteroatoms. The molecule has 1 aromatic carbocycles. The highest BCUT2D eigenvalue weighted by Gasteiger charge is 2.30. The molecule has 2 aromatic rings. The van der Waals surface area contributed by atoms with Crippen LogP contribution in [0.15, 0.2) is 24.3 Å². The van der Waals surface area contributed by atoms with Crippen LogP contribution in [0, 0.1) is 29.6 Å². The quantitative estimate of drug-likeness (QED) is 0.260. The summed E-state index contributed by atoms with van der Waals surface area (Å²) >= 11 is 0. The molecule has 0 saturated carbocycles. The first-order valence-corrected chi connectivity index (χ1v) is 16.7. The van der Waals surface area contributed by atoms with Crippen molar-refractivity contribution >= 4 is 41.3 Å². The van der Waals surface area contributed by atoms with Gasteiger partial charge in [-0.15, -0.1) is 0 Å².